The molecule has 98 valence electrons. The Morgan fingerprint density at radius 1 is 1.21 bits per heavy atom. The molecule has 5 nitrogen and oxygen atoms in total. The molecule has 0 aromatic carbocycles. The fourth-order valence-electron chi connectivity index (χ4n) is 1.63. The summed E-state index contributed by atoms with van der Waals surface area (Å²) in [5, 5.41) is 8.81. The fourth-order valence-corrected chi connectivity index (χ4v) is 1.63. The average Bonchev–Trinajstić information content (AvgIpc) is 2.45. The Kier molecular flexibility index (Phi) is 4.44. The van der Waals surface area contributed by atoms with Crippen LogP contribution < -0.4 is 4.74 Å². The standard InChI is InChI=1S/C14H14N2O3/c17-14(18)13-10-12(5-8-16-13)19-9-1-2-11-3-6-15-7-4-11/h3-8,10H,1-2,9H2,(H,17,18). The van der Waals surface area contributed by atoms with Gasteiger partial charge in [-0.1, -0.05) is 0 Å². The summed E-state index contributed by atoms with van der Waals surface area (Å²) in [4.78, 5) is 18.4. The number of aromatic carboxylic acids is 1. The van der Waals surface area contributed by atoms with Gasteiger partial charge in [0, 0.05) is 24.7 Å². The van der Waals surface area contributed by atoms with Crippen LogP contribution in [0.3, 0.4) is 0 Å². The predicted octanol–water partition coefficient (Wildman–Crippen LogP) is 2.19. The van der Waals surface area contributed by atoms with Gasteiger partial charge in [0.05, 0.1) is 6.61 Å². The molecule has 0 radical (unpaired) electrons. The Balaban J connectivity index is 1.80. The maximum absolute atomic E-state index is 10.7. The van der Waals surface area contributed by atoms with E-state index in [0.717, 1.165) is 12.8 Å². The predicted molar refractivity (Wildman–Crippen MR) is 69.2 cm³/mol. The normalized spacial score (nSPS) is 10.1. The van der Waals surface area contributed by atoms with Gasteiger partial charge >= 0.3 is 5.97 Å². The van der Waals surface area contributed by atoms with Gasteiger partial charge in [0.2, 0.25) is 0 Å². The van der Waals surface area contributed by atoms with Crippen LogP contribution in [-0.4, -0.2) is 27.7 Å². The van der Waals surface area contributed by atoms with Crippen molar-refractivity contribution in [2.24, 2.45) is 0 Å². The van der Waals surface area contributed by atoms with E-state index in [9.17, 15) is 4.79 Å². The number of hydrogen-bond donors (Lipinski definition) is 1. The number of carboxylic acids is 1. The number of aromatic nitrogens is 2. The molecule has 0 aliphatic carbocycles. The van der Waals surface area contributed by atoms with E-state index in [1.807, 2.05) is 12.1 Å². The van der Waals surface area contributed by atoms with Gasteiger partial charge in [0.1, 0.15) is 5.75 Å². The highest BCUT2D eigenvalue weighted by molar-refractivity contribution is 5.85. The van der Waals surface area contributed by atoms with Crippen molar-refractivity contribution in [2.75, 3.05) is 6.61 Å². The van der Waals surface area contributed by atoms with Gasteiger partial charge in [-0.2, -0.15) is 0 Å². The second-order valence-corrected chi connectivity index (χ2v) is 3.99. The summed E-state index contributed by atoms with van der Waals surface area (Å²) in [6.07, 6.45) is 6.71. The van der Waals surface area contributed by atoms with Crippen LogP contribution in [-0.2, 0) is 6.42 Å². The van der Waals surface area contributed by atoms with Crippen molar-refractivity contribution >= 4 is 5.97 Å². The summed E-state index contributed by atoms with van der Waals surface area (Å²) in [5.74, 6) is -0.524. The first kappa shape index (κ1) is 13.0. The molecule has 19 heavy (non-hydrogen) atoms. The third-order valence-electron chi connectivity index (χ3n) is 2.58. The zero-order valence-electron chi connectivity index (χ0n) is 10.3. The van der Waals surface area contributed by atoms with E-state index in [2.05, 4.69) is 9.97 Å². The van der Waals surface area contributed by atoms with E-state index in [0.29, 0.717) is 12.4 Å². The average molecular weight is 258 g/mol. The molecule has 2 aromatic rings. The summed E-state index contributed by atoms with van der Waals surface area (Å²) in [6, 6.07) is 7.01. The van der Waals surface area contributed by atoms with Gasteiger partial charge < -0.3 is 9.84 Å². The van der Waals surface area contributed by atoms with Crippen LogP contribution in [0.4, 0.5) is 0 Å². The first-order chi connectivity index (χ1) is 9.25. The molecule has 2 aromatic heterocycles. The summed E-state index contributed by atoms with van der Waals surface area (Å²) in [7, 11) is 0. The lowest BCUT2D eigenvalue weighted by Crippen LogP contribution is -2.03. The van der Waals surface area contributed by atoms with Crippen LogP contribution >= 0.6 is 0 Å². The van der Waals surface area contributed by atoms with Gasteiger partial charge in [0.25, 0.3) is 0 Å². The van der Waals surface area contributed by atoms with Crippen LogP contribution in [0.2, 0.25) is 0 Å². The minimum Gasteiger partial charge on any atom is -0.493 e. The van der Waals surface area contributed by atoms with Crippen molar-refractivity contribution in [3.63, 3.8) is 0 Å². The van der Waals surface area contributed by atoms with Crippen molar-refractivity contribution in [3.8, 4) is 5.75 Å². The highest BCUT2D eigenvalue weighted by Gasteiger charge is 2.05. The quantitative estimate of drug-likeness (QED) is 0.804. The van der Waals surface area contributed by atoms with E-state index in [1.54, 1.807) is 18.5 Å². The summed E-state index contributed by atoms with van der Waals surface area (Å²) in [6.45, 7) is 0.533. The lowest BCUT2D eigenvalue weighted by molar-refractivity contribution is 0.0690. The third-order valence-corrected chi connectivity index (χ3v) is 2.58. The molecular formula is C14H14N2O3. The smallest absolute Gasteiger partial charge is 0.354 e. The molecule has 0 atom stereocenters. The monoisotopic (exact) mass is 258 g/mol. The Bertz CT molecular complexity index is 543. The van der Waals surface area contributed by atoms with Crippen molar-refractivity contribution in [1.82, 2.24) is 9.97 Å². The molecule has 0 saturated carbocycles. The zero-order valence-corrected chi connectivity index (χ0v) is 10.3. The van der Waals surface area contributed by atoms with E-state index in [1.165, 1.54) is 17.8 Å². The molecule has 0 saturated heterocycles. The SMILES string of the molecule is O=C(O)c1cc(OCCCc2ccncc2)ccn1. The first-order valence-electron chi connectivity index (χ1n) is 5.97. The highest BCUT2D eigenvalue weighted by Crippen LogP contribution is 2.11. The number of nitrogens with zero attached hydrogens (tertiary/aromatic N) is 2. The highest BCUT2D eigenvalue weighted by atomic mass is 16.5. The molecule has 0 bridgehead atoms. The number of ether oxygens (including phenoxy) is 1. The maximum atomic E-state index is 10.7. The van der Waals surface area contributed by atoms with E-state index in [4.69, 9.17) is 9.84 Å². The van der Waals surface area contributed by atoms with Crippen molar-refractivity contribution < 1.29 is 14.6 Å². The molecule has 1 N–H and O–H groups in total. The van der Waals surface area contributed by atoms with Crippen LogP contribution in [0.25, 0.3) is 0 Å². The molecule has 0 aliphatic rings. The molecule has 0 spiro atoms. The van der Waals surface area contributed by atoms with Gasteiger partial charge in [-0.05, 0) is 36.6 Å². The van der Waals surface area contributed by atoms with Gasteiger partial charge in [-0.15, -0.1) is 0 Å². The molecular weight excluding hydrogens is 244 g/mol. The zero-order chi connectivity index (χ0) is 13.5. The Morgan fingerprint density at radius 3 is 2.74 bits per heavy atom. The van der Waals surface area contributed by atoms with Crippen molar-refractivity contribution in [1.29, 1.82) is 0 Å². The third kappa shape index (κ3) is 4.06. The maximum Gasteiger partial charge on any atom is 0.354 e. The first-order valence-corrected chi connectivity index (χ1v) is 5.97. The summed E-state index contributed by atoms with van der Waals surface area (Å²) >= 11 is 0. The summed E-state index contributed by atoms with van der Waals surface area (Å²) in [5.41, 5.74) is 1.20. The lowest BCUT2D eigenvalue weighted by atomic mass is 10.1. The topological polar surface area (TPSA) is 72.3 Å². The molecule has 0 amide bonds. The van der Waals surface area contributed by atoms with E-state index >= 15 is 0 Å². The Morgan fingerprint density at radius 2 is 2.00 bits per heavy atom. The van der Waals surface area contributed by atoms with E-state index < -0.39 is 5.97 Å². The van der Waals surface area contributed by atoms with E-state index in [-0.39, 0.29) is 5.69 Å². The van der Waals surface area contributed by atoms with Gasteiger partial charge in [-0.25, -0.2) is 9.78 Å². The Labute approximate surface area is 110 Å². The number of carbonyl (C=O) groups is 1. The molecule has 0 unspecified atom stereocenters. The van der Waals surface area contributed by atoms with Crippen molar-refractivity contribution in [2.45, 2.75) is 12.8 Å². The van der Waals surface area contributed by atoms with Gasteiger partial charge in [0.15, 0.2) is 5.69 Å². The number of hydrogen-bond acceptors (Lipinski definition) is 4. The molecule has 2 heterocycles. The fraction of sp³-hybridized carbons (Fsp3) is 0.214. The van der Waals surface area contributed by atoms with Crippen LogP contribution in [0.1, 0.15) is 22.5 Å². The minimum atomic E-state index is -1.05. The summed E-state index contributed by atoms with van der Waals surface area (Å²) < 4.78 is 5.50. The second-order valence-electron chi connectivity index (χ2n) is 3.99. The number of pyridine rings is 2. The van der Waals surface area contributed by atoms with Gasteiger partial charge in [-0.3, -0.25) is 4.98 Å². The van der Waals surface area contributed by atoms with Crippen LogP contribution in [0.5, 0.6) is 5.75 Å². The molecule has 0 fully saturated rings. The Hall–Kier alpha value is -2.43. The largest absolute Gasteiger partial charge is 0.493 e. The molecule has 5 heteroatoms. The van der Waals surface area contributed by atoms with Crippen LogP contribution in [0.15, 0.2) is 42.9 Å². The van der Waals surface area contributed by atoms with Crippen molar-refractivity contribution in [3.05, 3.63) is 54.1 Å². The molecule has 2 rings (SSSR count). The minimum absolute atomic E-state index is 0.00775. The number of aryl methyl sites for hydroxylation is 1. The van der Waals surface area contributed by atoms with Crippen LogP contribution in [0, 0.1) is 0 Å². The second kappa shape index (κ2) is 6.49. The lowest BCUT2D eigenvalue weighted by Gasteiger charge is -2.06. The molecule has 0 aliphatic heterocycles. The number of carboxylic acid groups (broad SMARTS) is 1. The number of rotatable bonds is 6.